The molecule has 12 heteroatoms. The molecule has 0 radical (unpaired) electrons. The predicted molar refractivity (Wildman–Crippen MR) is 155 cm³/mol. The predicted octanol–water partition coefficient (Wildman–Crippen LogP) is 7.58. The van der Waals surface area contributed by atoms with Crippen LogP contribution in [0.25, 0.3) is 22.0 Å². The number of benzene rings is 2. The van der Waals surface area contributed by atoms with Gasteiger partial charge in [0.25, 0.3) is 0 Å². The van der Waals surface area contributed by atoms with Crippen LogP contribution in [0, 0.1) is 23.1 Å². The molecule has 1 saturated carbocycles. The van der Waals surface area contributed by atoms with Crippen LogP contribution in [0.3, 0.4) is 0 Å². The molecule has 3 aliphatic rings. The number of rotatable bonds is 6. The van der Waals surface area contributed by atoms with Gasteiger partial charge in [-0.3, -0.25) is 0 Å². The molecule has 3 fully saturated rings. The van der Waals surface area contributed by atoms with Crippen LogP contribution in [0.1, 0.15) is 49.5 Å². The maximum Gasteiger partial charge on any atom is 0.410 e. The number of pyridine rings is 1. The summed E-state index contributed by atoms with van der Waals surface area (Å²) in [6.07, 6.45) is 0.504. The van der Waals surface area contributed by atoms with Crippen molar-refractivity contribution in [1.29, 1.82) is 5.26 Å². The summed E-state index contributed by atoms with van der Waals surface area (Å²) in [6, 6.07) is 7.94. The van der Waals surface area contributed by atoms with Gasteiger partial charge < -0.3 is 20.1 Å². The monoisotopic (exact) mass is 618 g/mol. The Morgan fingerprint density at radius 1 is 1.29 bits per heavy atom. The third-order valence-corrected chi connectivity index (χ3v) is 8.53. The van der Waals surface area contributed by atoms with Crippen molar-refractivity contribution in [2.45, 2.75) is 57.7 Å². The number of carboxylic acids is 1. The Labute approximate surface area is 250 Å². The lowest BCUT2D eigenvalue weighted by molar-refractivity contribution is 0.0239. The van der Waals surface area contributed by atoms with Crippen LogP contribution < -0.4 is 5.32 Å². The highest BCUT2D eigenvalue weighted by atomic mass is 35.5. The van der Waals surface area contributed by atoms with Gasteiger partial charge in [-0.1, -0.05) is 46.9 Å². The van der Waals surface area contributed by atoms with Gasteiger partial charge in [0.2, 0.25) is 0 Å². The van der Waals surface area contributed by atoms with Gasteiger partial charge in [0.1, 0.15) is 21.8 Å². The molecule has 3 atom stereocenters. The van der Waals surface area contributed by atoms with E-state index in [2.05, 4.69) is 16.4 Å². The van der Waals surface area contributed by atoms with E-state index < -0.39 is 28.6 Å². The second-order valence-corrected chi connectivity index (χ2v) is 12.3. The number of hydrogen-bond donors (Lipinski definition) is 2. The second-order valence-electron chi connectivity index (χ2n) is 11.2. The standard InChI is InChI=1S/C29H26Cl3FN4O4/c1-29(2,3)41-28(40)37-12-14-11-18(37)23(14)35-24-16-10-13(6-5-9-34)19(15-7-4-8-17(30)21(15)31)22(33)25(16)36-26(32)20(24)27(38)39/h4,7-8,10,14,18,23H,5-6,11-12H2,1-3H3,(H,35,36)(H,38,39)/t14-,18-,23+/m1/s1. The molecule has 2 aliphatic heterocycles. The minimum Gasteiger partial charge on any atom is -0.478 e. The van der Waals surface area contributed by atoms with E-state index in [9.17, 15) is 20.0 Å². The normalized spacial score (nSPS) is 19.6. The Hall–Kier alpha value is -3.32. The molecule has 2 bridgehead atoms. The zero-order chi connectivity index (χ0) is 29.8. The molecule has 6 rings (SSSR count). The number of aryl methyl sites for hydroxylation is 1. The average molecular weight is 620 g/mol. The summed E-state index contributed by atoms with van der Waals surface area (Å²) in [5, 5.41) is 22.8. The molecule has 2 saturated heterocycles. The highest BCUT2D eigenvalue weighted by Gasteiger charge is 2.55. The molecule has 1 aromatic heterocycles. The quantitative estimate of drug-likeness (QED) is 0.273. The molecule has 8 nitrogen and oxygen atoms in total. The first-order valence-electron chi connectivity index (χ1n) is 13.0. The number of anilines is 1. The van der Waals surface area contributed by atoms with Gasteiger partial charge in [-0.15, -0.1) is 0 Å². The van der Waals surface area contributed by atoms with E-state index in [4.69, 9.17) is 39.5 Å². The van der Waals surface area contributed by atoms with Gasteiger partial charge in [0, 0.05) is 35.4 Å². The molecule has 1 amide bonds. The van der Waals surface area contributed by atoms with E-state index in [0.29, 0.717) is 17.7 Å². The van der Waals surface area contributed by atoms with Crippen molar-refractivity contribution in [3.63, 3.8) is 0 Å². The van der Waals surface area contributed by atoms with Gasteiger partial charge in [0.15, 0.2) is 5.82 Å². The lowest BCUT2D eigenvalue weighted by Crippen LogP contribution is -2.50. The number of fused-ring (bicyclic) bond motifs is 2. The number of carboxylic acid groups (broad SMARTS) is 1. The van der Waals surface area contributed by atoms with Crippen molar-refractivity contribution in [1.82, 2.24) is 9.88 Å². The Morgan fingerprint density at radius 3 is 2.68 bits per heavy atom. The zero-order valence-corrected chi connectivity index (χ0v) is 24.7. The number of nitrogens with zero attached hydrogens (tertiary/aromatic N) is 3. The number of nitrogens with one attached hydrogen (secondary N) is 1. The topological polar surface area (TPSA) is 116 Å². The number of nitriles is 1. The molecular formula is C29H26Cl3FN4O4. The van der Waals surface area contributed by atoms with E-state index in [-0.39, 0.29) is 68.6 Å². The van der Waals surface area contributed by atoms with Gasteiger partial charge >= 0.3 is 12.1 Å². The van der Waals surface area contributed by atoms with Crippen LogP contribution in [-0.2, 0) is 11.2 Å². The van der Waals surface area contributed by atoms with Crippen molar-refractivity contribution in [3.8, 4) is 17.2 Å². The smallest absolute Gasteiger partial charge is 0.410 e. The second kappa shape index (κ2) is 10.8. The molecular weight excluding hydrogens is 594 g/mol. The van der Waals surface area contributed by atoms with Crippen molar-refractivity contribution in [2.24, 2.45) is 5.92 Å². The third kappa shape index (κ3) is 5.25. The summed E-state index contributed by atoms with van der Waals surface area (Å²) in [5.74, 6) is -2.08. The number of halogens is 4. The number of carbonyl (C=O) groups is 2. The molecule has 2 aromatic carbocycles. The molecule has 0 unspecified atom stereocenters. The first-order valence-corrected chi connectivity index (χ1v) is 14.1. The van der Waals surface area contributed by atoms with E-state index >= 15 is 4.39 Å². The maximum absolute atomic E-state index is 16.4. The highest BCUT2D eigenvalue weighted by molar-refractivity contribution is 6.43. The number of aromatic nitrogens is 1. The number of amides is 1. The van der Waals surface area contributed by atoms with Crippen LogP contribution in [0.4, 0.5) is 14.9 Å². The first-order chi connectivity index (χ1) is 19.3. The Morgan fingerprint density at radius 2 is 2.02 bits per heavy atom. The maximum atomic E-state index is 16.4. The summed E-state index contributed by atoms with van der Waals surface area (Å²) in [4.78, 5) is 31.0. The van der Waals surface area contributed by atoms with Crippen LogP contribution in [-0.4, -0.2) is 51.3 Å². The fraction of sp³-hybridized carbons (Fsp3) is 0.379. The van der Waals surface area contributed by atoms with Gasteiger partial charge in [-0.05, 0) is 51.3 Å². The van der Waals surface area contributed by atoms with E-state index in [1.807, 2.05) is 0 Å². The van der Waals surface area contributed by atoms with E-state index in [0.717, 1.165) is 6.42 Å². The van der Waals surface area contributed by atoms with Gasteiger partial charge in [-0.25, -0.2) is 19.0 Å². The Bertz CT molecular complexity index is 1640. The van der Waals surface area contributed by atoms with Crippen LogP contribution in [0.15, 0.2) is 24.3 Å². The fourth-order valence-corrected chi connectivity index (χ4v) is 6.29. The minimum atomic E-state index is -1.34. The number of ether oxygens (including phenoxy) is 1. The third-order valence-electron chi connectivity index (χ3n) is 7.44. The van der Waals surface area contributed by atoms with Crippen molar-refractivity contribution in [3.05, 3.63) is 56.4 Å². The average Bonchev–Trinajstić information content (AvgIpc) is 3.48. The van der Waals surface area contributed by atoms with E-state index in [1.165, 1.54) is 0 Å². The van der Waals surface area contributed by atoms with E-state index in [1.54, 1.807) is 49.9 Å². The van der Waals surface area contributed by atoms with Crippen molar-refractivity contribution >= 4 is 63.5 Å². The van der Waals surface area contributed by atoms with Crippen LogP contribution in [0.5, 0.6) is 0 Å². The Kier molecular flexibility index (Phi) is 7.70. The first kappa shape index (κ1) is 29.2. The van der Waals surface area contributed by atoms with Gasteiger partial charge in [-0.2, -0.15) is 5.26 Å². The molecule has 2 N–H and O–H groups in total. The molecule has 3 heterocycles. The summed E-state index contributed by atoms with van der Waals surface area (Å²) >= 11 is 19.0. The van der Waals surface area contributed by atoms with Crippen molar-refractivity contribution in [2.75, 3.05) is 11.9 Å². The summed E-state index contributed by atoms with van der Waals surface area (Å²) < 4.78 is 22.0. The SMILES string of the molecule is CC(C)(C)OC(=O)N1C[C@H]2C[C@@H]1[C@H]2Nc1c(C(=O)O)c(Cl)nc2c(F)c(-c3cccc(Cl)c3Cl)c(CCC#N)cc12. The molecule has 0 spiro atoms. The summed E-state index contributed by atoms with van der Waals surface area (Å²) in [6.45, 7) is 5.80. The number of aromatic carboxylic acids is 1. The van der Waals surface area contributed by atoms with Crippen LogP contribution >= 0.6 is 34.8 Å². The fourth-order valence-electron chi connectivity index (χ4n) is 5.64. The molecule has 214 valence electrons. The molecule has 1 aliphatic carbocycles. The minimum absolute atomic E-state index is 0.0311. The van der Waals surface area contributed by atoms with Gasteiger partial charge in [0.05, 0.1) is 33.9 Å². The van der Waals surface area contributed by atoms with Crippen LogP contribution in [0.2, 0.25) is 15.2 Å². The summed E-state index contributed by atoms with van der Waals surface area (Å²) in [5.41, 5.74) is -0.197. The lowest BCUT2D eigenvalue weighted by atomic mass is 9.79. The zero-order valence-electron chi connectivity index (χ0n) is 22.4. The van der Waals surface area contributed by atoms with Crippen molar-refractivity contribution < 1.29 is 23.8 Å². The Balaban J connectivity index is 1.65. The molecule has 41 heavy (non-hydrogen) atoms. The number of carbonyl (C=O) groups excluding carboxylic acids is 1. The lowest BCUT2D eigenvalue weighted by Gasteiger charge is -2.38. The highest BCUT2D eigenvalue weighted by Crippen LogP contribution is 2.47. The largest absolute Gasteiger partial charge is 0.478 e. The summed E-state index contributed by atoms with van der Waals surface area (Å²) in [7, 11) is 0. The molecule has 3 aromatic rings. The number of hydrogen-bond acceptors (Lipinski definition) is 6.